The molecule has 0 spiro atoms. The van der Waals surface area contributed by atoms with E-state index in [1.807, 2.05) is 20.8 Å². The first-order valence-corrected chi connectivity index (χ1v) is 7.39. The van der Waals surface area contributed by atoms with Crippen LogP contribution in [-0.2, 0) is 4.74 Å². The molecule has 20 heavy (non-hydrogen) atoms. The molecule has 0 saturated carbocycles. The maximum absolute atomic E-state index is 11.6. The maximum atomic E-state index is 11.6. The Hall–Kier alpha value is -0.810. The number of rotatable bonds is 7. The van der Waals surface area contributed by atoms with Crippen LogP contribution in [-0.4, -0.2) is 36.9 Å². The molecule has 0 aliphatic carbocycles. The van der Waals surface area contributed by atoms with Crippen molar-refractivity contribution in [3.8, 4) is 0 Å². The van der Waals surface area contributed by atoms with Gasteiger partial charge < -0.3 is 21.1 Å². The summed E-state index contributed by atoms with van der Waals surface area (Å²) >= 11 is 0. The predicted molar refractivity (Wildman–Crippen MR) is 83.7 cm³/mol. The molecule has 0 aromatic heterocycles. The molecule has 0 aromatic carbocycles. The summed E-state index contributed by atoms with van der Waals surface area (Å²) < 4.78 is 5.22. The molecule has 0 aromatic rings. The highest BCUT2D eigenvalue weighted by molar-refractivity contribution is 5.67. The summed E-state index contributed by atoms with van der Waals surface area (Å²) in [4.78, 5) is 11.6. The molecule has 1 atom stereocenters. The Morgan fingerprint density at radius 2 is 1.75 bits per heavy atom. The third-order valence-corrected chi connectivity index (χ3v) is 3.16. The standard InChI is InChI=1S/C15H33N3O2/c1-11(2)12(8-16)9-18-15(6,7)10-17-13(19)20-14(3,4)5/h11-12,18H,8-10,16H2,1-7H3,(H,17,19). The van der Waals surface area contributed by atoms with Crippen molar-refractivity contribution < 1.29 is 9.53 Å². The van der Waals surface area contributed by atoms with Gasteiger partial charge in [0, 0.05) is 12.1 Å². The fourth-order valence-electron chi connectivity index (χ4n) is 1.67. The van der Waals surface area contributed by atoms with Crippen molar-refractivity contribution in [2.75, 3.05) is 19.6 Å². The fourth-order valence-corrected chi connectivity index (χ4v) is 1.67. The van der Waals surface area contributed by atoms with E-state index in [0.29, 0.717) is 24.9 Å². The second kappa shape index (κ2) is 7.84. The van der Waals surface area contributed by atoms with Crippen molar-refractivity contribution in [1.82, 2.24) is 10.6 Å². The zero-order chi connectivity index (χ0) is 16.0. The van der Waals surface area contributed by atoms with E-state index in [2.05, 4.69) is 38.3 Å². The minimum absolute atomic E-state index is 0.195. The lowest BCUT2D eigenvalue weighted by Crippen LogP contribution is -2.52. The largest absolute Gasteiger partial charge is 0.444 e. The SMILES string of the molecule is CC(C)C(CN)CNC(C)(C)CNC(=O)OC(C)(C)C. The Bertz CT molecular complexity index is 296. The molecule has 1 unspecified atom stereocenters. The summed E-state index contributed by atoms with van der Waals surface area (Å²) in [6, 6.07) is 0. The van der Waals surface area contributed by atoms with Crippen LogP contribution in [0.15, 0.2) is 0 Å². The molecule has 0 rings (SSSR count). The van der Waals surface area contributed by atoms with Gasteiger partial charge in [0.2, 0.25) is 0 Å². The molecule has 0 aliphatic rings. The Kier molecular flexibility index (Phi) is 7.52. The smallest absolute Gasteiger partial charge is 0.407 e. The molecule has 4 N–H and O–H groups in total. The highest BCUT2D eigenvalue weighted by Crippen LogP contribution is 2.11. The fraction of sp³-hybridized carbons (Fsp3) is 0.933. The van der Waals surface area contributed by atoms with E-state index in [-0.39, 0.29) is 11.6 Å². The van der Waals surface area contributed by atoms with Crippen LogP contribution in [0.4, 0.5) is 4.79 Å². The molecular formula is C15H33N3O2. The van der Waals surface area contributed by atoms with E-state index in [4.69, 9.17) is 10.5 Å². The number of nitrogens with one attached hydrogen (secondary N) is 2. The number of carbonyl (C=O) groups is 1. The third kappa shape index (κ3) is 9.15. The predicted octanol–water partition coefficient (Wildman–Crippen LogP) is 2.11. The van der Waals surface area contributed by atoms with E-state index in [1.54, 1.807) is 0 Å². The highest BCUT2D eigenvalue weighted by Gasteiger charge is 2.22. The molecule has 0 heterocycles. The van der Waals surface area contributed by atoms with Gasteiger partial charge in [-0.15, -0.1) is 0 Å². The van der Waals surface area contributed by atoms with Crippen molar-refractivity contribution in [1.29, 1.82) is 0 Å². The second-order valence-electron chi connectivity index (χ2n) is 7.36. The molecule has 120 valence electrons. The quantitative estimate of drug-likeness (QED) is 0.670. The van der Waals surface area contributed by atoms with Gasteiger partial charge in [-0.1, -0.05) is 13.8 Å². The summed E-state index contributed by atoms with van der Waals surface area (Å²) in [6.45, 7) is 16.0. The molecule has 5 nitrogen and oxygen atoms in total. The Labute approximate surface area is 124 Å². The summed E-state index contributed by atoms with van der Waals surface area (Å²) in [5.74, 6) is 0.984. The van der Waals surface area contributed by atoms with Gasteiger partial charge in [0.1, 0.15) is 5.60 Å². The Morgan fingerprint density at radius 3 is 2.15 bits per heavy atom. The number of alkyl carbamates (subject to hydrolysis) is 1. The van der Waals surface area contributed by atoms with Crippen LogP contribution in [0.2, 0.25) is 0 Å². The zero-order valence-corrected chi connectivity index (χ0v) is 14.2. The van der Waals surface area contributed by atoms with E-state index in [9.17, 15) is 4.79 Å². The zero-order valence-electron chi connectivity index (χ0n) is 14.2. The molecule has 0 saturated heterocycles. The van der Waals surface area contributed by atoms with Crippen LogP contribution in [0, 0.1) is 11.8 Å². The number of nitrogens with two attached hydrogens (primary N) is 1. The molecule has 1 amide bonds. The molecule has 5 heteroatoms. The lowest BCUT2D eigenvalue weighted by Gasteiger charge is -2.30. The van der Waals surface area contributed by atoms with E-state index in [0.717, 1.165) is 6.54 Å². The average Bonchev–Trinajstić information content (AvgIpc) is 2.24. The molecule has 0 fully saturated rings. The Balaban J connectivity index is 4.16. The summed E-state index contributed by atoms with van der Waals surface area (Å²) in [5, 5.41) is 6.25. The second-order valence-corrected chi connectivity index (χ2v) is 7.36. The lowest BCUT2D eigenvalue weighted by atomic mass is 9.94. The minimum Gasteiger partial charge on any atom is -0.444 e. The van der Waals surface area contributed by atoms with Crippen molar-refractivity contribution in [2.24, 2.45) is 17.6 Å². The number of hydrogen-bond acceptors (Lipinski definition) is 4. The topological polar surface area (TPSA) is 76.4 Å². The maximum Gasteiger partial charge on any atom is 0.407 e. The Morgan fingerprint density at radius 1 is 1.20 bits per heavy atom. The van der Waals surface area contributed by atoms with Gasteiger partial charge in [-0.2, -0.15) is 0 Å². The van der Waals surface area contributed by atoms with Gasteiger partial charge in [-0.3, -0.25) is 0 Å². The van der Waals surface area contributed by atoms with Crippen molar-refractivity contribution in [2.45, 2.75) is 59.6 Å². The van der Waals surface area contributed by atoms with Gasteiger partial charge in [0.15, 0.2) is 0 Å². The van der Waals surface area contributed by atoms with Crippen LogP contribution < -0.4 is 16.4 Å². The number of ether oxygens (including phenoxy) is 1. The minimum atomic E-state index is -0.468. The van der Waals surface area contributed by atoms with Crippen molar-refractivity contribution in [3.63, 3.8) is 0 Å². The van der Waals surface area contributed by atoms with Gasteiger partial charge in [-0.25, -0.2) is 4.79 Å². The monoisotopic (exact) mass is 287 g/mol. The normalized spacial score (nSPS) is 14.2. The van der Waals surface area contributed by atoms with Crippen LogP contribution in [0.25, 0.3) is 0 Å². The van der Waals surface area contributed by atoms with Crippen molar-refractivity contribution >= 4 is 6.09 Å². The van der Waals surface area contributed by atoms with Gasteiger partial charge in [0.25, 0.3) is 0 Å². The number of carbonyl (C=O) groups excluding carboxylic acids is 1. The van der Waals surface area contributed by atoms with Crippen LogP contribution >= 0.6 is 0 Å². The molecule has 0 bridgehead atoms. The van der Waals surface area contributed by atoms with E-state index in [1.165, 1.54) is 0 Å². The van der Waals surface area contributed by atoms with Crippen LogP contribution in [0.1, 0.15) is 48.5 Å². The molecule has 0 aliphatic heterocycles. The first-order chi connectivity index (χ1) is 8.97. The van der Waals surface area contributed by atoms with Crippen LogP contribution in [0.3, 0.4) is 0 Å². The van der Waals surface area contributed by atoms with Gasteiger partial charge in [-0.05, 0) is 59.5 Å². The van der Waals surface area contributed by atoms with E-state index >= 15 is 0 Å². The third-order valence-electron chi connectivity index (χ3n) is 3.16. The molecular weight excluding hydrogens is 254 g/mol. The first-order valence-electron chi connectivity index (χ1n) is 7.39. The average molecular weight is 287 g/mol. The van der Waals surface area contributed by atoms with Crippen molar-refractivity contribution in [3.05, 3.63) is 0 Å². The first kappa shape index (κ1) is 19.2. The van der Waals surface area contributed by atoms with Gasteiger partial charge >= 0.3 is 6.09 Å². The van der Waals surface area contributed by atoms with E-state index < -0.39 is 5.60 Å². The van der Waals surface area contributed by atoms with Crippen LogP contribution in [0.5, 0.6) is 0 Å². The summed E-state index contributed by atoms with van der Waals surface area (Å²) in [6.07, 6.45) is -0.383. The van der Waals surface area contributed by atoms with Gasteiger partial charge in [0.05, 0.1) is 0 Å². The molecule has 0 radical (unpaired) electrons. The summed E-state index contributed by atoms with van der Waals surface area (Å²) in [7, 11) is 0. The number of amides is 1. The summed E-state index contributed by atoms with van der Waals surface area (Å²) in [5.41, 5.74) is 5.10. The lowest BCUT2D eigenvalue weighted by molar-refractivity contribution is 0.0513. The number of hydrogen-bond donors (Lipinski definition) is 3. The highest BCUT2D eigenvalue weighted by atomic mass is 16.6.